The first-order valence-electron chi connectivity index (χ1n) is 12.1. The van der Waals surface area contributed by atoms with E-state index in [0.29, 0.717) is 12.2 Å². The minimum absolute atomic E-state index is 0.0929. The van der Waals surface area contributed by atoms with Crippen LogP contribution in [-0.4, -0.2) is 44.7 Å². The Bertz CT molecular complexity index is 1150. The van der Waals surface area contributed by atoms with Gasteiger partial charge in [0.15, 0.2) is 9.84 Å². The first-order valence-corrected chi connectivity index (χ1v) is 14.9. The number of ether oxygens (including phenoxy) is 1. The highest BCUT2D eigenvalue weighted by atomic mass is 32.2. The normalized spacial score (nSPS) is 18.4. The molecule has 0 aromatic heterocycles. The summed E-state index contributed by atoms with van der Waals surface area (Å²) in [5.41, 5.74) is 5.32. The number of nitrogens with two attached hydrogens (primary N) is 1. The lowest BCUT2D eigenvalue weighted by molar-refractivity contribution is -0.662. The summed E-state index contributed by atoms with van der Waals surface area (Å²) in [5.74, 6) is 0.375. The molecule has 2 aromatic carbocycles. The third kappa shape index (κ3) is 5.78. The van der Waals surface area contributed by atoms with E-state index >= 15 is 0 Å². The molecule has 34 heavy (non-hydrogen) atoms. The van der Waals surface area contributed by atoms with Gasteiger partial charge < -0.3 is 20.0 Å². The number of carboxylic acid groups (broad SMARTS) is 1. The fourth-order valence-electron chi connectivity index (χ4n) is 4.91. The summed E-state index contributed by atoms with van der Waals surface area (Å²) >= 11 is 1.20. The Morgan fingerprint density at radius 1 is 1.12 bits per heavy atom. The van der Waals surface area contributed by atoms with Gasteiger partial charge in [0.25, 0.3) is 0 Å². The van der Waals surface area contributed by atoms with E-state index in [1.807, 2.05) is 25.1 Å². The van der Waals surface area contributed by atoms with Crippen LogP contribution in [0.25, 0.3) is 0 Å². The molecule has 0 spiro atoms. The number of piperidine rings is 1. The van der Waals surface area contributed by atoms with Crippen molar-refractivity contribution in [2.24, 2.45) is 0 Å². The summed E-state index contributed by atoms with van der Waals surface area (Å²) in [7, 11) is -2.98. The predicted octanol–water partition coefficient (Wildman–Crippen LogP) is 2.34. The molecule has 8 heteroatoms. The molecule has 0 amide bonds. The van der Waals surface area contributed by atoms with Crippen LogP contribution in [0, 0.1) is 6.92 Å². The highest BCUT2D eigenvalue weighted by molar-refractivity contribution is 8.00. The summed E-state index contributed by atoms with van der Waals surface area (Å²) in [6.45, 7) is 6.89. The maximum Gasteiger partial charge on any atom is 0.151 e. The van der Waals surface area contributed by atoms with Crippen molar-refractivity contribution in [1.82, 2.24) is 0 Å². The van der Waals surface area contributed by atoms with Crippen LogP contribution in [0.2, 0.25) is 0 Å². The number of thioether (sulfide) groups is 1. The number of carbonyl (C=O) groups excluding carboxylic acids is 1. The van der Waals surface area contributed by atoms with E-state index in [1.165, 1.54) is 49.7 Å². The van der Waals surface area contributed by atoms with Crippen molar-refractivity contribution in [3.63, 3.8) is 0 Å². The third-order valence-corrected chi connectivity index (χ3v) is 9.62. The molecule has 0 radical (unpaired) electrons. The number of carbonyl (C=O) groups is 1. The number of hydrogen-bond donors (Lipinski definition) is 1. The van der Waals surface area contributed by atoms with E-state index in [4.69, 9.17) is 4.74 Å². The fourth-order valence-corrected chi connectivity index (χ4v) is 7.41. The Balaban J connectivity index is 0.000000398. The van der Waals surface area contributed by atoms with Gasteiger partial charge in [-0.05, 0) is 61.4 Å². The Kier molecular flexibility index (Phi) is 7.90. The number of aryl methyl sites for hydroxylation is 2. The standard InChI is InChI=1S/C21H22O5S2.C5H11N/c1-3-13-6-12(2)7-19-16(13)8-17-18(26-19)5-4-15(14-10-28(24,25)11-14)21(17)27-9-20(22)23;1-2-4-6-5-3-1/h4-7,14H,3,8-11H2,1-2H3,(H,22,23);6H,1-5H2. The zero-order valence-corrected chi connectivity index (χ0v) is 21.5. The lowest BCUT2D eigenvalue weighted by Crippen LogP contribution is -2.85. The van der Waals surface area contributed by atoms with Crippen LogP contribution in [0.15, 0.2) is 29.2 Å². The van der Waals surface area contributed by atoms with E-state index in [-0.39, 0.29) is 23.2 Å². The molecular weight excluding hydrogens is 470 g/mol. The number of benzene rings is 2. The van der Waals surface area contributed by atoms with Crippen molar-refractivity contribution in [3.8, 4) is 11.5 Å². The minimum atomic E-state index is -2.98. The van der Waals surface area contributed by atoms with Crippen molar-refractivity contribution in [2.45, 2.75) is 56.8 Å². The second-order valence-electron chi connectivity index (χ2n) is 9.35. The van der Waals surface area contributed by atoms with Crippen LogP contribution in [0.1, 0.15) is 59.9 Å². The van der Waals surface area contributed by atoms with Gasteiger partial charge in [0.1, 0.15) is 11.5 Å². The Hall–Kier alpha value is -2.03. The van der Waals surface area contributed by atoms with Gasteiger partial charge in [-0.25, -0.2) is 8.42 Å². The topological polar surface area (TPSA) is 100 Å². The molecule has 0 saturated carbocycles. The number of aliphatic carboxylic acids is 1. The van der Waals surface area contributed by atoms with Gasteiger partial charge in [-0.1, -0.05) is 19.1 Å². The predicted molar refractivity (Wildman–Crippen MR) is 133 cm³/mol. The summed E-state index contributed by atoms with van der Waals surface area (Å²) in [4.78, 5) is 11.9. The highest BCUT2D eigenvalue weighted by Gasteiger charge is 2.37. The molecule has 0 bridgehead atoms. The van der Waals surface area contributed by atoms with E-state index in [9.17, 15) is 18.3 Å². The molecule has 2 saturated heterocycles. The molecule has 0 unspecified atom stereocenters. The summed E-state index contributed by atoms with van der Waals surface area (Å²) in [6.07, 6.45) is 5.89. The number of rotatable bonds is 5. The molecule has 6 nitrogen and oxygen atoms in total. The van der Waals surface area contributed by atoms with Gasteiger partial charge >= 0.3 is 0 Å². The smallest absolute Gasteiger partial charge is 0.151 e. The number of sulfone groups is 1. The van der Waals surface area contributed by atoms with Crippen molar-refractivity contribution >= 4 is 27.6 Å². The van der Waals surface area contributed by atoms with Crippen LogP contribution in [-0.2, 0) is 27.5 Å². The molecule has 2 N–H and O–H groups in total. The average molecular weight is 504 g/mol. The van der Waals surface area contributed by atoms with Gasteiger partial charge in [0.2, 0.25) is 0 Å². The monoisotopic (exact) mass is 503 g/mol. The van der Waals surface area contributed by atoms with Gasteiger partial charge in [-0.3, -0.25) is 0 Å². The Morgan fingerprint density at radius 2 is 1.85 bits per heavy atom. The van der Waals surface area contributed by atoms with Gasteiger partial charge in [-0.15, -0.1) is 11.8 Å². The Morgan fingerprint density at radius 3 is 2.41 bits per heavy atom. The van der Waals surface area contributed by atoms with Crippen LogP contribution >= 0.6 is 11.8 Å². The van der Waals surface area contributed by atoms with E-state index < -0.39 is 15.8 Å². The van der Waals surface area contributed by atoms with Crippen molar-refractivity contribution < 1.29 is 28.4 Å². The number of fused-ring (bicyclic) bond motifs is 2. The van der Waals surface area contributed by atoms with E-state index in [2.05, 4.69) is 18.3 Å². The Labute approximate surface area is 206 Å². The van der Waals surface area contributed by atoms with Crippen molar-refractivity contribution in [2.75, 3.05) is 30.3 Å². The fraction of sp³-hybridized carbons (Fsp3) is 0.500. The van der Waals surface area contributed by atoms with Crippen molar-refractivity contribution in [1.29, 1.82) is 0 Å². The minimum Gasteiger partial charge on any atom is -0.549 e. The maximum absolute atomic E-state index is 11.7. The molecule has 0 aliphatic carbocycles. The average Bonchev–Trinajstić information content (AvgIpc) is 2.80. The van der Waals surface area contributed by atoms with Crippen LogP contribution in [0.3, 0.4) is 0 Å². The van der Waals surface area contributed by atoms with Crippen LogP contribution in [0.4, 0.5) is 0 Å². The van der Waals surface area contributed by atoms with Crippen LogP contribution < -0.4 is 15.2 Å². The number of quaternary nitrogens is 1. The number of hydrogen-bond acceptors (Lipinski definition) is 6. The lowest BCUT2D eigenvalue weighted by Gasteiger charge is -2.31. The molecule has 3 heterocycles. The molecule has 2 fully saturated rings. The van der Waals surface area contributed by atoms with E-state index in [0.717, 1.165) is 39.3 Å². The second kappa shape index (κ2) is 10.7. The molecule has 3 aliphatic heterocycles. The molecule has 3 aliphatic rings. The van der Waals surface area contributed by atoms with Gasteiger partial charge in [0, 0.05) is 34.1 Å². The lowest BCUT2D eigenvalue weighted by atomic mass is 9.90. The SMILES string of the molecule is C1CC[NH2+]CC1.CCc1cc(C)cc2c1Cc1c(ccc(C3CS(=O)(=O)C3)c1SCC(=O)[O-])O2. The molecule has 184 valence electrons. The first-order chi connectivity index (χ1) is 16.3. The summed E-state index contributed by atoms with van der Waals surface area (Å²) in [5, 5.41) is 13.5. The molecule has 2 aromatic rings. The zero-order valence-electron chi connectivity index (χ0n) is 19.9. The second-order valence-corrected chi connectivity index (χ2v) is 12.5. The highest BCUT2D eigenvalue weighted by Crippen LogP contribution is 2.46. The maximum atomic E-state index is 11.7. The van der Waals surface area contributed by atoms with Crippen LogP contribution in [0.5, 0.6) is 11.5 Å². The summed E-state index contributed by atoms with van der Waals surface area (Å²) in [6, 6.07) is 7.95. The molecular formula is C26H33NO5S2. The zero-order chi connectivity index (χ0) is 24.3. The first kappa shape index (κ1) is 25.1. The quantitative estimate of drug-likeness (QED) is 0.537. The number of carboxylic acids is 1. The van der Waals surface area contributed by atoms with Crippen molar-refractivity contribution in [3.05, 3.63) is 52.1 Å². The van der Waals surface area contributed by atoms with E-state index in [1.54, 1.807) is 0 Å². The largest absolute Gasteiger partial charge is 0.549 e. The van der Waals surface area contributed by atoms with Gasteiger partial charge in [0.05, 0.1) is 30.6 Å². The third-order valence-electron chi connectivity index (χ3n) is 6.65. The summed E-state index contributed by atoms with van der Waals surface area (Å²) < 4.78 is 29.5. The molecule has 5 rings (SSSR count). The molecule has 0 atom stereocenters. The van der Waals surface area contributed by atoms with Gasteiger partial charge in [-0.2, -0.15) is 0 Å².